The van der Waals surface area contributed by atoms with Crippen molar-refractivity contribution >= 4 is 29.2 Å². The smallest absolute Gasteiger partial charge is 0.256 e. The number of rotatable bonds is 6. The van der Waals surface area contributed by atoms with Crippen LogP contribution in [0.25, 0.3) is 0 Å². The van der Waals surface area contributed by atoms with Gasteiger partial charge in [0.2, 0.25) is 5.91 Å². The Morgan fingerprint density at radius 1 is 0.900 bits per heavy atom. The van der Waals surface area contributed by atoms with E-state index < -0.39 is 12.0 Å². The van der Waals surface area contributed by atoms with Crippen molar-refractivity contribution in [2.24, 2.45) is 0 Å². The summed E-state index contributed by atoms with van der Waals surface area (Å²) in [5.74, 6) is -0.694. The average Bonchev–Trinajstić information content (AvgIpc) is 3.03. The second kappa shape index (κ2) is 8.08. The van der Waals surface area contributed by atoms with Gasteiger partial charge in [-0.25, -0.2) is 4.90 Å². The summed E-state index contributed by atoms with van der Waals surface area (Å²) < 4.78 is 5.73. The maximum absolute atomic E-state index is 12.8. The van der Waals surface area contributed by atoms with Gasteiger partial charge in [0.25, 0.3) is 5.91 Å². The van der Waals surface area contributed by atoms with Crippen molar-refractivity contribution in [1.29, 1.82) is 0 Å². The molecule has 1 aliphatic heterocycles. The molecule has 1 fully saturated rings. The highest BCUT2D eigenvalue weighted by molar-refractivity contribution is 6.23. The number of aromatic carboxylic acids is 1. The molecule has 1 heterocycles. The maximum Gasteiger partial charge on any atom is 0.256 e. The van der Waals surface area contributed by atoms with E-state index in [-0.39, 0.29) is 23.8 Å². The van der Waals surface area contributed by atoms with Gasteiger partial charge in [0, 0.05) is 5.69 Å². The van der Waals surface area contributed by atoms with Crippen molar-refractivity contribution in [3.8, 4) is 11.5 Å². The molecular formula is C23H17N2O5-. The SMILES string of the molecule is O=C([O-])c1ccc(N[C@@H]2CC(=O)N(c3ccc(Oc4ccccc4)cc3)C2=O)cc1. The molecule has 1 aliphatic rings. The van der Waals surface area contributed by atoms with Gasteiger partial charge < -0.3 is 20.0 Å². The molecule has 0 unspecified atom stereocenters. The van der Waals surface area contributed by atoms with Gasteiger partial charge in [-0.3, -0.25) is 9.59 Å². The highest BCUT2D eigenvalue weighted by Gasteiger charge is 2.39. The van der Waals surface area contributed by atoms with Gasteiger partial charge in [0.15, 0.2) is 0 Å². The number of carboxylic acid groups (broad SMARTS) is 1. The molecule has 150 valence electrons. The summed E-state index contributed by atoms with van der Waals surface area (Å²) in [6.45, 7) is 0. The monoisotopic (exact) mass is 401 g/mol. The first-order valence-electron chi connectivity index (χ1n) is 9.29. The molecule has 0 radical (unpaired) electrons. The lowest BCUT2D eigenvalue weighted by Gasteiger charge is -2.17. The van der Waals surface area contributed by atoms with E-state index in [2.05, 4.69) is 5.32 Å². The van der Waals surface area contributed by atoms with Gasteiger partial charge in [-0.2, -0.15) is 0 Å². The van der Waals surface area contributed by atoms with Crippen molar-refractivity contribution in [2.45, 2.75) is 12.5 Å². The Balaban J connectivity index is 1.45. The van der Waals surface area contributed by atoms with Crippen molar-refractivity contribution in [1.82, 2.24) is 0 Å². The minimum Gasteiger partial charge on any atom is -0.545 e. The molecule has 7 nitrogen and oxygen atoms in total. The van der Waals surface area contributed by atoms with E-state index in [1.165, 1.54) is 24.3 Å². The van der Waals surface area contributed by atoms with E-state index in [0.29, 0.717) is 22.9 Å². The fraction of sp³-hybridized carbons (Fsp3) is 0.0870. The number of imide groups is 1. The fourth-order valence-electron chi connectivity index (χ4n) is 3.21. The summed E-state index contributed by atoms with van der Waals surface area (Å²) >= 11 is 0. The van der Waals surface area contributed by atoms with Gasteiger partial charge in [-0.15, -0.1) is 0 Å². The Labute approximate surface area is 172 Å². The van der Waals surface area contributed by atoms with Crippen LogP contribution >= 0.6 is 0 Å². The zero-order valence-corrected chi connectivity index (χ0v) is 15.8. The molecule has 0 saturated carbocycles. The molecule has 0 spiro atoms. The Morgan fingerprint density at radius 3 is 2.17 bits per heavy atom. The number of nitrogens with one attached hydrogen (secondary N) is 1. The molecule has 3 aromatic rings. The zero-order valence-electron chi connectivity index (χ0n) is 15.8. The minimum absolute atomic E-state index is 0.00331. The standard InChI is InChI=1S/C23H18N2O5/c26-21-14-20(24-16-8-6-15(7-9-16)23(28)29)22(27)25(21)17-10-12-19(13-11-17)30-18-4-2-1-3-5-18/h1-13,20,24H,14H2,(H,28,29)/p-1/t20-/m1/s1. The van der Waals surface area contributed by atoms with Crippen LogP contribution < -0.4 is 20.1 Å². The predicted molar refractivity (Wildman–Crippen MR) is 108 cm³/mol. The number of nitrogens with zero attached hydrogens (tertiary/aromatic N) is 1. The van der Waals surface area contributed by atoms with Crippen LogP contribution in [0.4, 0.5) is 11.4 Å². The number of carboxylic acids is 1. The van der Waals surface area contributed by atoms with Crippen molar-refractivity contribution in [3.63, 3.8) is 0 Å². The average molecular weight is 401 g/mol. The quantitative estimate of drug-likeness (QED) is 0.638. The van der Waals surface area contributed by atoms with Crippen LogP contribution in [0.1, 0.15) is 16.8 Å². The fourth-order valence-corrected chi connectivity index (χ4v) is 3.21. The van der Waals surface area contributed by atoms with E-state index >= 15 is 0 Å². The second-order valence-corrected chi connectivity index (χ2v) is 6.74. The Hall–Kier alpha value is -4.13. The van der Waals surface area contributed by atoms with Gasteiger partial charge >= 0.3 is 0 Å². The summed E-state index contributed by atoms with van der Waals surface area (Å²) in [7, 11) is 0. The number of ether oxygens (including phenoxy) is 1. The van der Waals surface area contributed by atoms with E-state index in [4.69, 9.17) is 4.74 Å². The molecule has 1 N–H and O–H groups in total. The Bertz CT molecular complexity index is 1080. The third-order valence-corrected chi connectivity index (χ3v) is 4.68. The van der Waals surface area contributed by atoms with Crippen molar-refractivity contribution in [3.05, 3.63) is 84.4 Å². The number of anilines is 2. The molecule has 1 saturated heterocycles. The summed E-state index contributed by atoms with van der Waals surface area (Å²) in [6, 6.07) is 21.1. The number of carbonyl (C=O) groups is 3. The summed E-state index contributed by atoms with van der Waals surface area (Å²) in [6.07, 6.45) is 0.00331. The van der Waals surface area contributed by atoms with Crippen LogP contribution in [-0.4, -0.2) is 23.8 Å². The van der Waals surface area contributed by atoms with Crippen LogP contribution in [-0.2, 0) is 9.59 Å². The molecule has 7 heteroatoms. The Kier molecular flexibility index (Phi) is 5.17. The molecular weight excluding hydrogens is 384 g/mol. The maximum atomic E-state index is 12.8. The first-order valence-corrected chi connectivity index (χ1v) is 9.29. The number of benzene rings is 3. The number of amides is 2. The largest absolute Gasteiger partial charge is 0.545 e. The predicted octanol–water partition coefficient (Wildman–Crippen LogP) is 2.59. The normalized spacial score (nSPS) is 15.9. The highest BCUT2D eigenvalue weighted by atomic mass is 16.5. The Morgan fingerprint density at radius 2 is 1.53 bits per heavy atom. The lowest BCUT2D eigenvalue weighted by atomic mass is 10.2. The van der Waals surface area contributed by atoms with Crippen molar-refractivity contribution in [2.75, 3.05) is 10.2 Å². The molecule has 1 atom stereocenters. The van der Waals surface area contributed by atoms with Gasteiger partial charge in [-0.05, 0) is 54.1 Å². The summed E-state index contributed by atoms with van der Waals surface area (Å²) in [5.41, 5.74) is 1.04. The molecule has 0 aliphatic carbocycles. The van der Waals surface area contributed by atoms with E-state index in [9.17, 15) is 19.5 Å². The van der Waals surface area contributed by atoms with E-state index in [0.717, 1.165) is 4.90 Å². The zero-order chi connectivity index (χ0) is 21.1. The van der Waals surface area contributed by atoms with E-state index in [1.54, 1.807) is 24.3 Å². The topological polar surface area (TPSA) is 98.8 Å². The third-order valence-electron chi connectivity index (χ3n) is 4.68. The van der Waals surface area contributed by atoms with Gasteiger partial charge in [-0.1, -0.05) is 30.3 Å². The molecule has 30 heavy (non-hydrogen) atoms. The third kappa shape index (κ3) is 4.00. The number of hydrogen-bond acceptors (Lipinski definition) is 6. The lowest BCUT2D eigenvalue weighted by molar-refractivity contribution is -0.255. The first-order chi connectivity index (χ1) is 14.5. The number of hydrogen-bond donors (Lipinski definition) is 1. The van der Waals surface area contributed by atoms with E-state index in [1.807, 2.05) is 30.3 Å². The van der Waals surface area contributed by atoms with Gasteiger partial charge in [0.05, 0.1) is 18.1 Å². The lowest BCUT2D eigenvalue weighted by Crippen LogP contribution is -2.34. The number of carbonyl (C=O) groups excluding carboxylic acids is 3. The molecule has 0 bridgehead atoms. The van der Waals surface area contributed by atoms with Crippen LogP contribution in [0.5, 0.6) is 11.5 Å². The summed E-state index contributed by atoms with van der Waals surface area (Å²) in [4.78, 5) is 37.2. The van der Waals surface area contributed by atoms with Crippen LogP contribution in [0.3, 0.4) is 0 Å². The first kappa shape index (κ1) is 19.2. The van der Waals surface area contributed by atoms with Gasteiger partial charge in [0.1, 0.15) is 17.5 Å². The molecule has 0 aromatic heterocycles. The summed E-state index contributed by atoms with van der Waals surface area (Å²) in [5, 5.41) is 13.8. The van der Waals surface area contributed by atoms with Crippen LogP contribution in [0.15, 0.2) is 78.9 Å². The van der Waals surface area contributed by atoms with Crippen LogP contribution in [0, 0.1) is 0 Å². The minimum atomic E-state index is -1.28. The highest BCUT2D eigenvalue weighted by Crippen LogP contribution is 2.28. The molecule has 4 rings (SSSR count). The van der Waals surface area contributed by atoms with Crippen molar-refractivity contribution < 1.29 is 24.2 Å². The number of para-hydroxylation sites is 1. The molecule has 2 amide bonds. The van der Waals surface area contributed by atoms with Crippen LogP contribution in [0.2, 0.25) is 0 Å². The molecule has 3 aromatic carbocycles. The second-order valence-electron chi connectivity index (χ2n) is 6.74.